The number of carbonyl (C=O) groups is 2. The van der Waals surface area contributed by atoms with Gasteiger partial charge in [-0.15, -0.1) is 0 Å². The first kappa shape index (κ1) is 21.3. The number of rotatable bonds is 5. The van der Waals surface area contributed by atoms with Crippen LogP contribution in [0.25, 0.3) is 11.1 Å². The van der Waals surface area contributed by atoms with Crippen molar-refractivity contribution < 1.29 is 39.5 Å². The summed E-state index contributed by atoms with van der Waals surface area (Å²) in [6.45, 7) is -0.210. The fraction of sp³-hybridized carbons (Fsp3) is 0.364. The van der Waals surface area contributed by atoms with Crippen molar-refractivity contribution >= 4 is 12.1 Å². The summed E-state index contributed by atoms with van der Waals surface area (Å²) in [5.41, 5.74) is 4.31. The van der Waals surface area contributed by atoms with Gasteiger partial charge in [-0.2, -0.15) is 0 Å². The summed E-state index contributed by atoms with van der Waals surface area (Å²) >= 11 is 0. The van der Waals surface area contributed by atoms with Crippen LogP contribution in [0.1, 0.15) is 17.0 Å². The van der Waals surface area contributed by atoms with E-state index in [4.69, 9.17) is 14.6 Å². The van der Waals surface area contributed by atoms with Crippen LogP contribution >= 0.6 is 0 Å². The molecule has 5 N–H and O–H groups in total. The van der Waals surface area contributed by atoms with E-state index in [0.29, 0.717) is 0 Å². The molecular formula is C22H23NO8. The van der Waals surface area contributed by atoms with E-state index >= 15 is 0 Å². The molecule has 2 aromatic rings. The third-order valence-corrected chi connectivity index (χ3v) is 5.75. The van der Waals surface area contributed by atoms with E-state index < -0.39 is 42.6 Å². The minimum Gasteiger partial charge on any atom is -0.479 e. The number of carboxylic acids is 1. The molecule has 2 aliphatic rings. The second kappa shape index (κ2) is 8.64. The molecule has 0 saturated carbocycles. The molecule has 0 bridgehead atoms. The van der Waals surface area contributed by atoms with Crippen molar-refractivity contribution in [3.63, 3.8) is 0 Å². The van der Waals surface area contributed by atoms with Crippen LogP contribution in [-0.2, 0) is 14.3 Å². The molecule has 9 nitrogen and oxygen atoms in total. The first-order valence-corrected chi connectivity index (χ1v) is 9.89. The number of hydrogen-bond donors (Lipinski definition) is 5. The highest BCUT2D eigenvalue weighted by molar-refractivity contribution is 5.79. The van der Waals surface area contributed by atoms with Crippen molar-refractivity contribution in [2.45, 2.75) is 36.4 Å². The minimum atomic E-state index is -1.78. The molecule has 1 saturated heterocycles. The fourth-order valence-corrected chi connectivity index (χ4v) is 4.16. The van der Waals surface area contributed by atoms with E-state index in [-0.39, 0.29) is 19.1 Å². The zero-order valence-electron chi connectivity index (χ0n) is 16.4. The average molecular weight is 429 g/mol. The minimum absolute atomic E-state index is 0.0903. The summed E-state index contributed by atoms with van der Waals surface area (Å²) in [6.07, 6.45) is -8.78. The molecule has 0 aromatic heterocycles. The van der Waals surface area contributed by atoms with Crippen LogP contribution in [0.5, 0.6) is 0 Å². The molecule has 1 aliphatic carbocycles. The van der Waals surface area contributed by atoms with Crippen LogP contribution in [-0.4, -0.2) is 76.2 Å². The summed E-state index contributed by atoms with van der Waals surface area (Å²) in [7, 11) is 0. The van der Waals surface area contributed by atoms with Crippen molar-refractivity contribution in [1.29, 1.82) is 0 Å². The molecular weight excluding hydrogens is 406 g/mol. The van der Waals surface area contributed by atoms with Crippen molar-refractivity contribution in [2.24, 2.45) is 0 Å². The van der Waals surface area contributed by atoms with Gasteiger partial charge in [-0.25, -0.2) is 9.59 Å². The molecule has 1 aliphatic heterocycles. The van der Waals surface area contributed by atoms with Gasteiger partial charge in [0.05, 0.1) is 0 Å². The maximum absolute atomic E-state index is 12.2. The first-order chi connectivity index (χ1) is 14.9. The topological polar surface area (TPSA) is 146 Å². The number of nitrogens with one attached hydrogen (secondary N) is 1. The lowest BCUT2D eigenvalue weighted by Gasteiger charge is -2.38. The SMILES string of the molecule is O=C(NC[C@@H]1OC(C(=O)O)[C@H](O)[C@H](O)C1O)OCC1c2ccccc2-c2ccccc21. The Morgan fingerprint density at radius 3 is 2.06 bits per heavy atom. The number of aliphatic carboxylic acids is 1. The lowest BCUT2D eigenvalue weighted by molar-refractivity contribution is -0.226. The van der Waals surface area contributed by atoms with E-state index in [1.54, 1.807) is 0 Å². The lowest BCUT2D eigenvalue weighted by atomic mass is 9.95. The number of aliphatic hydroxyl groups excluding tert-OH is 3. The Bertz CT molecular complexity index is 934. The molecule has 2 aromatic carbocycles. The second-order valence-corrected chi connectivity index (χ2v) is 7.61. The number of alkyl carbamates (subject to hydrolysis) is 1. The number of carboxylic acid groups (broad SMARTS) is 1. The quantitative estimate of drug-likeness (QED) is 0.461. The number of hydrogen-bond acceptors (Lipinski definition) is 7. The number of carbonyl (C=O) groups excluding carboxylic acids is 1. The van der Waals surface area contributed by atoms with E-state index in [0.717, 1.165) is 22.3 Å². The van der Waals surface area contributed by atoms with Crippen LogP contribution < -0.4 is 5.32 Å². The van der Waals surface area contributed by atoms with Gasteiger partial charge in [0.1, 0.15) is 31.0 Å². The monoisotopic (exact) mass is 429 g/mol. The molecule has 31 heavy (non-hydrogen) atoms. The predicted molar refractivity (Wildman–Crippen MR) is 107 cm³/mol. The Labute approximate surface area is 177 Å². The molecule has 1 heterocycles. The summed E-state index contributed by atoms with van der Waals surface area (Å²) in [5.74, 6) is -1.60. The molecule has 9 heteroatoms. The Morgan fingerprint density at radius 2 is 1.48 bits per heavy atom. The van der Waals surface area contributed by atoms with Gasteiger partial charge in [0, 0.05) is 12.5 Å². The zero-order chi connectivity index (χ0) is 22.1. The maximum Gasteiger partial charge on any atom is 0.407 e. The smallest absolute Gasteiger partial charge is 0.407 e. The van der Waals surface area contributed by atoms with Gasteiger partial charge in [-0.1, -0.05) is 48.5 Å². The summed E-state index contributed by atoms with van der Waals surface area (Å²) in [5, 5.41) is 41.1. The molecule has 2 unspecified atom stereocenters. The van der Waals surface area contributed by atoms with Gasteiger partial charge >= 0.3 is 12.1 Å². The average Bonchev–Trinajstić information content (AvgIpc) is 3.09. The fourth-order valence-electron chi connectivity index (χ4n) is 4.16. The van der Waals surface area contributed by atoms with E-state index in [1.807, 2.05) is 48.5 Å². The number of fused-ring (bicyclic) bond motifs is 3. The van der Waals surface area contributed by atoms with Gasteiger partial charge in [-0.05, 0) is 22.3 Å². The Balaban J connectivity index is 1.37. The molecule has 1 amide bonds. The predicted octanol–water partition coefficient (Wildman–Crippen LogP) is 0.460. The van der Waals surface area contributed by atoms with Gasteiger partial charge in [-0.3, -0.25) is 0 Å². The van der Waals surface area contributed by atoms with Gasteiger partial charge in [0.2, 0.25) is 0 Å². The van der Waals surface area contributed by atoms with Crippen molar-refractivity contribution in [3.05, 3.63) is 59.7 Å². The van der Waals surface area contributed by atoms with E-state index in [2.05, 4.69) is 5.32 Å². The summed E-state index contributed by atoms with van der Waals surface area (Å²) in [6, 6.07) is 15.8. The van der Waals surface area contributed by atoms with Gasteiger partial charge in [0.15, 0.2) is 6.10 Å². The molecule has 0 radical (unpaired) electrons. The Hall–Kier alpha value is -2.98. The number of amides is 1. The molecule has 0 spiro atoms. The van der Waals surface area contributed by atoms with Crippen molar-refractivity contribution in [1.82, 2.24) is 5.32 Å². The summed E-state index contributed by atoms with van der Waals surface area (Å²) < 4.78 is 10.5. The first-order valence-electron chi connectivity index (χ1n) is 9.89. The lowest BCUT2D eigenvalue weighted by Crippen LogP contribution is -2.61. The van der Waals surface area contributed by atoms with E-state index in [1.165, 1.54) is 0 Å². The highest BCUT2D eigenvalue weighted by Gasteiger charge is 2.46. The van der Waals surface area contributed by atoms with Crippen LogP contribution in [0, 0.1) is 0 Å². The van der Waals surface area contributed by atoms with Gasteiger partial charge in [0.25, 0.3) is 0 Å². The molecule has 5 atom stereocenters. The van der Waals surface area contributed by atoms with Crippen LogP contribution in [0.4, 0.5) is 4.79 Å². The highest BCUT2D eigenvalue weighted by Crippen LogP contribution is 2.44. The number of aliphatic hydroxyl groups is 3. The summed E-state index contributed by atoms with van der Waals surface area (Å²) in [4.78, 5) is 23.4. The molecule has 4 rings (SSSR count). The van der Waals surface area contributed by atoms with E-state index in [9.17, 15) is 24.9 Å². The number of ether oxygens (including phenoxy) is 2. The highest BCUT2D eigenvalue weighted by atomic mass is 16.6. The van der Waals surface area contributed by atoms with Crippen LogP contribution in [0.2, 0.25) is 0 Å². The second-order valence-electron chi connectivity index (χ2n) is 7.61. The third kappa shape index (κ3) is 4.00. The molecule has 1 fully saturated rings. The Morgan fingerprint density at radius 1 is 0.903 bits per heavy atom. The normalized spacial score (nSPS) is 27.3. The van der Waals surface area contributed by atoms with Crippen LogP contribution in [0.15, 0.2) is 48.5 Å². The van der Waals surface area contributed by atoms with Crippen molar-refractivity contribution in [3.8, 4) is 11.1 Å². The van der Waals surface area contributed by atoms with Crippen LogP contribution in [0.3, 0.4) is 0 Å². The Kier molecular flexibility index (Phi) is 5.92. The third-order valence-electron chi connectivity index (χ3n) is 5.75. The molecule has 164 valence electrons. The number of benzene rings is 2. The van der Waals surface area contributed by atoms with Gasteiger partial charge < -0.3 is 35.2 Å². The zero-order valence-corrected chi connectivity index (χ0v) is 16.4. The van der Waals surface area contributed by atoms with Crippen molar-refractivity contribution in [2.75, 3.05) is 13.2 Å². The maximum atomic E-state index is 12.2. The largest absolute Gasteiger partial charge is 0.479 e. The standard InChI is InChI=1S/C22H23NO8/c24-17-16(31-20(21(27)28)19(26)18(17)25)9-23-22(29)30-10-15-13-7-3-1-5-11(13)12-6-2-4-8-14(12)15/h1-8,15-20,24-26H,9-10H2,(H,23,29)(H,27,28)/t16-,17?,18+,19+,20?/m0/s1.